The summed E-state index contributed by atoms with van der Waals surface area (Å²) in [5, 5.41) is 25.4. The van der Waals surface area contributed by atoms with E-state index >= 15 is 0 Å². The smallest absolute Gasteiger partial charge is 0.180 e. The van der Waals surface area contributed by atoms with Crippen molar-refractivity contribution in [3.05, 3.63) is 64.6 Å². The minimum atomic E-state index is -1.47. The molecule has 4 rings (SSSR count). The van der Waals surface area contributed by atoms with Crippen molar-refractivity contribution in [2.45, 2.75) is 25.2 Å². The zero-order valence-electron chi connectivity index (χ0n) is 12.0. The fourth-order valence-electron chi connectivity index (χ4n) is 3.16. The molecule has 4 N–H and O–H groups in total. The van der Waals surface area contributed by atoms with Crippen LogP contribution in [-0.4, -0.2) is 29.2 Å². The number of dihydropyridines is 1. The third kappa shape index (κ3) is 2.28. The minimum absolute atomic E-state index is 0.0255. The van der Waals surface area contributed by atoms with E-state index in [1.54, 1.807) is 12.3 Å². The van der Waals surface area contributed by atoms with Gasteiger partial charge in [0.15, 0.2) is 6.29 Å². The Bertz CT molecular complexity index is 704. The highest BCUT2D eigenvalue weighted by atomic mass is 16.5. The molecule has 0 aliphatic carbocycles. The molecule has 1 atom stereocenters. The van der Waals surface area contributed by atoms with Gasteiger partial charge in [0.25, 0.3) is 0 Å². The van der Waals surface area contributed by atoms with E-state index in [1.165, 1.54) is 11.1 Å². The van der Waals surface area contributed by atoms with Gasteiger partial charge in [0.2, 0.25) is 0 Å². The Balaban J connectivity index is 1.55. The van der Waals surface area contributed by atoms with E-state index in [-0.39, 0.29) is 6.04 Å². The number of aliphatic hydroxyl groups excluding tert-OH is 1. The van der Waals surface area contributed by atoms with Crippen molar-refractivity contribution in [2.24, 2.45) is 0 Å². The Morgan fingerprint density at radius 3 is 3.09 bits per heavy atom. The minimum Gasteiger partial charge on any atom is -0.493 e. The van der Waals surface area contributed by atoms with Crippen molar-refractivity contribution in [1.29, 1.82) is 0 Å². The summed E-state index contributed by atoms with van der Waals surface area (Å²) in [7, 11) is 0. The van der Waals surface area contributed by atoms with Gasteiger partial charge in [0, 0.05) is 24.1 Å². The third-order valence-electron chi connectivity index (χ3n) is 4.26. The van der Waals surface area contributed by atoms with Crippen LogP contribution < -0.4 is 15.4 Å². The van der Waals surface area contributed by atoms with Gasteiger partial charge >= 0.3 is 0 Å². The molecule has 1 unspecified atom stereocenters. The van der Waals surface area contributed by atoms with Gasteiger partial charge in [0.1, 0.15) is 5.75 Å². The van der Waals surface area contributed by atoms with Gasteiger partial charge in [0.05, 0.1) is 18.3 Å². The van der Waals surface area contributed by atoms with Crippen LogP contribution in [0.3, 0.4) is 0 Å². The Morgan fingerprint density at radius 2 is 2.23 bits per heavy atom. The Hall–Kier alpha value is -2.24. The second-order valence-corrected chi connectivity index (χ2v) is 5.75. The first kappa shape index (κ1) is 13.4. The van der Waals surface area contributed by atoms with E-state index in [4.69, 9.17) is 4.74 Å². The zero-order chi connectivity index (χ0) is 15.1. The average molecular weight is 298 g/mol. The van der Waals surface area contributed by atoms with Crippen LogP contribution >= 0.6 is 0 Å². The highest BCUT2D eigenvalue weighted by molar-refractivity contribution is 5.45. The fourth-order valence-corrected chi connectivity index (χ4v) is 3.16. The summed E-state index contributed by atoms with van der Waals surface area (Å²) in [4.78, 5) is 0. The van der Waals surface area contributed by atoms with Crippen LogP contribution in [0, 0.1) is 0 Å². The Labute approximate surface area is 128 Å². The molecule has 5 nitrogen and oxygen atoms in total. The lowest BCUT2D eigenvalue weighted by Gasteiger charge is -2.21. The molecule has 0 aromatic heterocycles. The van der Waals surface area contributed by atoms with Crippen molar-refractivity contribution in [1.82, 2.24) is 10.6 Å². The van der Waals surface area contributed by atoms with E-state index in [0.29, 0.717) is 5.57 Å². The van der Waals surface area contributed by atoms with Crippen LogP contribution in [0.5, 0.6) is 5.75 Å². The zero-order valence-corrected chi connectivity index (χ0v) is 12.0. The number of hydrogen-bond acceptors (Lipinski definition) is 5. The molecule has 22 heavy (non-hydrogen) atoms. The van der Waals surface area contributed by atoms with Gasteiger partial charge in [-0.1, -0.05) is 12.1 Å². The van der Waals surface area contributed by atoms with E-state index < -0.39 is 6.29 Å². The molecule has 0 saturated heterocycles. The number of hydrogen-bond donors (Lipinski definition) is 4. The molecular formula is C17H18N2O3. The van der Waals surface area contributed by atoms with Crippen molar-refractivity contribution in [3.63, 3.8) is 0 Å². The topological polar surface area (TPSA) is 73.8 Å². The number of rotatable bonds is 3. The molecule has 0 saturated carbocycles. The van der Waals surface area contributed by atoms with E-state index in [2.05, 4.69) is 34.9 Å². The third-order valence-corrected chi connectivity index (χ3v) is 4.26. The largest absolute Gasteiger partial charge is 0.493 e. The van der Waals surface area contributed by atoms with Gasteiger partial charge in [-0.2, -0.15) is 0 Å². The summed E-state index contributed by atoms with van der Waals surface area (Å²) in [6, 6.07) is 6.32. The molecule has 0 amide bonds. The maximum atomic E-state index is 9.44. The first-order chi connectivity index (χ1) is 10.7. The molecule has 1 aromatic rings. The number of aliphatic hydroxyl groups is 2. The van der Waals surface area contributed by atoms with Crippen LogP contribution in [0.25, 0.3) is 0 Å². The van der Waals surface area contributed by atoms with Crippen LogP contribution in [0.2, 0.25) is 0 Å². The highest BCUT2D eigenvalue weighted by Crippen LogP contribution is 2.29. The second kappa shape index (κ2) is 5.19. The predicted octanol–water partition coefficient (Wildman–Crippen LogP) is 0.701. The summed E-state index contributed by atoms with van der Waals surface area (Å²) >= 11 is 0. The molecule has 0 spiro atoms. The van der Waals surface area contributed by atoms with Crippen molar-refractivity contribution in [3.8, 4) is 5.75 Å². The molecule has 0 bridgehead atoms. The van der Waals surface area contributed by atoms with Gasteiger partial charge in [-0.05, 0) is 35.5 Å². The number of benzene rings is 1. The molecule has 3 aliphatic rings. The van der Waals surface area contributed by atoms with Crippen molar-refractivity contribution >= 4 is 0 Å². The molecule has 3 aliphatic heterocycles. The summed E-state index contributed by atoms with van der Waals surface area (Å²) in [6.07, 6.45) is 5.78. The molecule has 3 heterocycles. The van der Waals surface area contributed by atoms with Crippen LogP contribution in [-0.2, 0) is 12.8 Å². The normalized spacial score (nSPS) is 22.0. The number of ether oxygens (including phenoxy) is 1. The highest BCUT2D eigenvalue weighted by Gasteiger charge is 2.27. The van der Waals surface area contributed by atoms with Crippen LogP contribution in [0.1, 0.15) is 11.1 Å². The van der Waals surface area contributed by atoms with Crippen molar-refractivity contribution < 1.29 is 14.9 Å². The number of fused-ring (bicyclic) bond motifs is 2. The lowest BCUT2D eigenvalue weighted by atomic mass is 10.0. The van der Waals surface area contributed by atoms with E-state index in [9.17, 15) is 10.2 Å². The van der Waals surface area contributed by atoms with Crippen LogP contribution in [0.4, 0.5) is 0 Å². The quantitative estimate of drug-likeness (QED) is 0.618. The van der Waals surface area contributed by atoms with Gasteiger partial charge in [-0.25, -0.2) is 0 Å². The van der Waals surface area contributed by atoms with Gasteiger partial charge < -0.3 is 25.6 Å². The maximum absolute atomic E-state index is 9.44. The Kier molecular flexibility index (Phi) is 3.17. The molecule has 5 heteroatoms. The molecule has 0 fully saturated rings. The van der Waals surface area contributed by atoms with Gasteiger partial charge in [-0.15, -0.1) is 0 Å². The maximum Gasteiger partial charge on any atom is 0.180 e. The van der Waals surface area contributed by atoms with Crippen LogP contribution in [0.15, 0.2) is 53.5 Å². The summed E-state index contributed by atoms with van der Waals surface area (Å²) in [5.74, 6) is 0.985. The standard InChI is InChI=1S/C17H18N2O3/c20-17(21)13-3-5-18-14-9-12(19-16(13)14)7-10-1-2-11-4-6-22-15(11)8-10/h1-3,5,8-9,14,17-21H,4,6-7H2. The lowest BCUT2D eigenvalue weighted by Crippen LogP contribution is -2.32. The first-order valence-corrected chi connectivity index (χ1v) is 7.46. The van der Waals surface area contributed by atoms with E-state index in [1.807, 2.05) is 0 Å². The SMILES string of the molecule is OC(O)C1=C2NC(Cc3ccc4c(c3)OCC4)=CC2NC=C1. The molecule has 114 valence electrons. The average Bonchev–Trinajstić information content (AvgIpc) is 3.11. The molecular weight excluding hydrogens is 280 g/mol. The number of allylic oxidation sites excluding steroid dienone is 1. The molecule has 1 aromatic carbocycles. The van der Waals surface area contributed by atoms with E-state index in [0.717, 1.165) is 36.6 Å². The molecule has 0 radical (unpaired) electrons. The monoisotopic (exact) mass is 298 g/mol. The van der Waals surface area contributed by atoms with Crippen molar-refractivity contribution in [2.75, 3.05) is 6.61 Å². The summed E-state index contributed by atoms with van der Waals surface area (Å²) < 4.78 is 5.61. The fraction of sp³-hybridized carbons (Fsp3) is 0.294. The summed E-state index contributed by atoms with van der Waals surface area (Å²) in [5.41, 5.74) is 4.81. The van der Waals surface area contributed by atoms with Gasteiger partial charge in [-0.3, -0.25) is 0 Å². The number of nitrogens with one attached hydrogen (secondary N) is 2. The first-order valence-electron chi connectivity index (χ1n) is 7.46. The lowest BCUT2D eigenvalue weighted by molar-refractivity contribution is -0.00629. The second-order valence-electron chi connectivity index (χ2n) is 5.75. The predicted molar refractivity (Wildman–Crippen MR) is 81.9 cm³/mol. The summed E-state index contributed by atoms with van der Waals surface area (Å²) in [6.45, 7) is 0.766. The Morgan fingerprint density at radius 1 is 1.32 bits per heavy atom.